The second kappa shape index (κ2) is 10.8. The van der Waals surface area contributed by atoms with E-state index in [1.54, 1.807) is 48.5 Å². The zero-order chi connectivity index (χ0) is 25.0. The van der Waals surface area contributed by atoms with Crippen molar-refractivity contribution >= 4 is 33.2 Å². The van der Waals surface area contributed by atoms with Gasteiger partial charge in [0.25, 0.3) is 5.91 Å². The van der Waals surface area contributed by atoms with Crippen molar-refractivity contribution in [2.24, 2.45) is 0 Å². The van der Waals surface area contributed by atoms with Crippen molar-refractivity contribution in [3.63, 3.8) is 0 Å². The van der Waals surface area contributed by atoms with Crippen LogP contribution in [0.25, 0.3) is 0 Å². The molecule has 0 saturated heterocycles. The van der Waals surface area contributed by atoms with E-state index in [0.717, 1.165) is 30.4 Å². The van der Waals surface area contributed by atoms with Crippen LogP contribution < -0.4 is 9.62 Å². The molecule has 0 spiro atoms. The van der Waals surface area contributed by atoms with Crippen molar-refractivity contribution in [3.05, 3.63) is 99.6 Å². The van der Waals surface area contributed by atoms with Gasteiger partial charge in [-0.25, -0.2) is 8.42 Å². The molecule has 0 aliphatic heterocycles. The van der Waals surface area contributed by atoms with Crippen molar-refractivity contribution in [2.75, 3.05) is 10.6 Å². The lowest BCUT2D eigenvalue weighted by Crippen LogP contribution is -2.29. The summed E-state index contributed by atoms with van der Waals surface area (Å²) in [5.41, 5.74) is 5.78. The van der Waals surface area contributed by atoms with Crippen molar-refractivity contribution in [1.82, 2.24) is 5.32 Å². The molecule has 0 fully saturated rings. The molecule has 1 aliphatic carbocycles. The maximum atomic E-state index is 13.0. The Balaban J connectivity index is 1.47. The lowest BCUT2D eigenvalue weighted by Gasteiger charge is -2.23. The normalized spacial score (nSPS) is 14.1. The summed E-state index contributed by atoms with van der Waals surface area (Å²) in [5.74, 6) is -0.143. The fourth-order valence-corrected chi connectivity index (χ4v) is 5.66. The van der Waals surface area contributed by atoms with Crippen LogP contribution in [0.4, 0.5) is 5.69 Å². The van der Waals surface area contributed by atoms with Crippen molar-refractivity contribution in [2.45, 2.75) is 51.6 Å². The molecule has 5 nitrogen and oxygen atoms in total. The van der Waals surface area contributed by atoms with Crippen LogP contribution in [-0.2, 0) is 29.4 Å². The lowest BCUT2D eigenvalue weighted by molar-refractivity contribution is 0.0935. The molecule has 4 rings (SSSR count). The number of carbonyl (C=O) groups excluding carboxylic acids is 1. The monoisotopic (exact) mass is 510 g/mol. The molecular formula is C28H31ClN2O3S. The number of hydrogen-bond donors (Lipinski definition) is 1. The van der Waals surface area contributed by atoms with Crippen LogP contribution in [0.3, 0.4) is 0 Å². The summed E-state index contributed by atoms with van der Waals surface area (Å²) in [6, 6.07) is 20.3. The predicted octanol–water partition coefficient (Wildman–Crippen LogP) is 6.07. The SMILES string of the molecule is CCC(NC(=O)c1ccc(CN(c2cccc(Cl)c2)S(C)(=O)=O)cc1)c1ccc2c(c1)CCCC2. The minimum atomic E-state index is -3.52. The molecule has 7 heteroatoms. The molecule has 1 atom stereocenters. The first-order valence-corrected chi connectivity index (χ1v) is 14.2. The molecule has 0 heterocycles. The number of rotatable bonds is 8. The molecule has 1 N–H and O–H groups in total. The van der Waals surface area contributed by atoms with E-state index in [0.29, 0.717) is 16.3 Å². The van der Waals surface area contributed by atoms with E-state index in [-0.39, 0.29) is 18.5 Å². The van der Waals surface area contributed by atoms with E-state index in [4.69, 9.17) is 11.6 Å². The van der Waals surface area contributed by atoms with Crippen LogP contribution in [0, 0.1) is 0 Å². The van der Waals surface area contributed by atoms with Gasteiger partial charge in [0.2, 0.25) is 10.0 Å². The molecular weight excluding hydrogens is 480 g/mol. The minimum absolute atomic E-state index is 0.0574. The highest BCUT2D eigenvalue weighted by atomic mass is 35.5. The van der Waals surface area contributed by atoms with Gasteiger partial charge in [0.1, 0.15) is 0 Å². The molecule has 1 amide bonds. The van der Waals surface area contributed by atoms with E-state index >= 15 is 0 Å². The number of amides is 1. The Hall–Kier alpha value is -2.83. The first-order valence-electron chi connectivity index (χ1n) is 12.0. The topological polar surface area (TPSA) is 66.5 Å². The highest BCUT2D eigenvalue weighted by molar-refractivity contribution is 7.92. The molecule has 1 unspecified atom stereocenters. The largest absolute Gasteiger partial charge is 0.345 e. The van der Waals surface area contributed by atoms with Gasteiger partial charge in [0.15, 0.2) is 0 Å². The molecule has 0 bridgehead atoms. The van der Waals surface area contributed by atoms with Crippen molar-refractivity contribution in [3.8, 4) is 0 Å². The molecule has 0 radical (unpaired) electrons. The number of fused-ring (bicyclic) bond motifs is 1. The Morgan fingerprint density at radius 1 is 1.00 bits per heavy atom. The van der Waals surface area contributed by atoms with Gasteiger partial charge in [0.05, 0.1) is 24.5 Å². The van der Waals surface area contributed by atoms with E-state index in [9.17, 15) is 13.2 Å². The fourth-order valence-electron chi connectivity index (χ4n) is 4.59. The minimum Gasteiger partial charge on any atom is -0.345 e. The third-order valence-electron chi connectivity index (χ3n) is 6.53. The van der Waals surface area contributed by atoms with Crippen LogP contribution >= 0.6 is 11.6 Å². The average Bonchev–Trinajstić information content (AvgIpc) is 2.85. The Bertz CT molecular complexity index is 1310. The number of nitrogens with one attached hydrogen (secondary N) is 1. The summed E-state index contributed by atoms with van der Waals surface area (Å²) >= 11 is 6.06. The number of anilines is 1. The zero-order valence-electron chi connectivity index (χ0n) is 20.1. The van der Waals surface area contributed by atoms with E-state index in [2.05, 4.69) is 30.4 Å². The Morgan fingerprint density at radius 3 is 2.37 bits per heavy atom. The van der Waals surface area contributed by atoms with E-state index in [1.165, 1.54) is 34.5 Å². The van der Waals surface area contributed by atoms with Crippen LogP contribution in [-0.4, -0.2) is 20.6 Å². The van der Waals surface area contributed by atoms with Gasteiger partial charge >= 0.3 is 0 Å². The number of aryl methyl sites for hydroxylation is 2. The van der Waals surface area contributed by atoms with E-state index in [1.807, 2.05) is 0 Å². The smallest absolute Gasteiger partial charge is 0.251 e. The molecule has 0 aromatic heterocycles. The Kier molecular flexibility index (Phi) is 7.82. The van der Waals surface area contributed by atoms with Gasteiger partial charge in [0, 0.05) is 10.6 Å². The van der Waals surface area contributed by atoms with Gasteiger partial charge in [-0.1, -0.05) is 54.9 Å². The number of benzene rings is 3. The first-order chi connectivity index (χ1) is 16.7. The Morgan fingerprint density at radius 2 is 1.71 bits per heavy atom. The number of carbonyl (C=O) groups is 1. The quantitative estimate of drug-likeness (QED) is 0.400. The molecule has 1 aliphatic rings. The third-order valence-corrected chi connectivity index (χ3v) is 7.90. The summed E-state index contributed by atoms with van der Waals surface area (Å²) in [4.78, 5) is 13.0. The zero-order valence-corrected chi connectivity index (χ0v) is 21.7. The summed E-state index contributed by atoms with van der Waals surface area (Å²) in [7, 11) is -3.52. The standard InChI is InChI=1S/C28H31ClN2O3S/c1-3-27(24-16-15-21-7-4-5-8-23(21)17-24)30-28(32)22-13-11-20(12-14-22)19-31(35(2,33)34)26-10-6-9-25(29)18-26/h6,9-18,27H,3-5,7-8,19H2,1-2H3,(H,30,32). The Labute approximate surface area is 213 Å². The maximum absolute atomic E-state index is 13.0. The highest BCUT2D eigenvalue weighted by Crippen LogP contribution is 2.27. The maximum Gasteiger partial charge on any atom is 0.251 e. The number of nitrogens with zero attached hydrogens (tertiary/aromatic N) is 1. The molecule has 184 valence electrons. The highest BCUT2D eigenvalue weighted by Gasteiger charge is 2.20. The molecule has 3 aromatic carbocycles. The van der Waals surface area contributed by atoms with Gasteiger partial charge in [-0.3, -0.25) is 9.10 Å². The third kappa shape index (κ3) is 6.24. The molecule has 3 aromatic rings. The van der Waals surface area contributed by atoms with Gasteiger partial charge < -0.3 is 5.32 Å². The average molecular weight is 511 g/mol. The number of sulfonamides is 1. The van der Waals surface area contributed by atoms with Crippen LogP contribution in [0.15, 0.2) is 66.7 Å². The second-order valence-corrected chi connectivity index (χ2v) is 11.5. The van der Waals surface area contributed by atoms with Crippen LogP contribution in [0.2, 0.25) is 5.02 Å². The second-order valence-electron chi connectivity index (χ2n) is 9.12. The molecule has 0 saturated carbocycles. The first kappa shape index (κ1) is 25.3. The van der Waals surface area contributed by atoms with Crippen molar-refractivity contribution in [1.29, 1.82) is 0 Å². The van der Waals surface area contributed by atoms with Crippen molar-refractivity contribution < 1.29 is 13.2 Å². The van der Waals surface area contributed by atoms with Gasteiger partial charge in [-0.2, -0.15) is 0 Å². The van der Waals surface area contributed by atoms with Gasteiger partial charge in [-0.15, -0.1) is 0 Å². The fraction of sp³-hybridized carbons (Fsp3) is 0.321. The summed E-state index contributed by atoms with van der Waals surface area (Å²) < 4.78 is 26.1. The number of hydrogen-bond acceptors (Lipinski definition) is 3. The van der Waals surface area contributed by atoms with Crippen LogP contribution in [0.1, 0.15) is 64.8 Å². The van der Waals surface area contributed by atoms with E-state index < -0.39 is 10.0 Å². The summed E-state index contributed by atoms with van der Waals surface area (Å²) in [6.07, 6.45) is 6.68. The van der Waals surface area contributed by atoms with Gasteiger partial charge in [-0.05, 0) is 84.7 Å². The number of halogens is 1. The summed E-state index contributed by atoms with van der Waals surface area (Å²) in [6.45, 7) is 2.22. The lowest BCUT2D eigenvalue weighted by atomic mass is 9.88. The van der Waals surface area contributed by atoms with Crippen LogP contribution in [0.5, 0.6) is 0 Å². The predicted molar refractivity (Wildman–Crippen MR) is 143 cm³/mol. The summed E-state index contributed by atoms with van der Waals surface area (Å²) in [5, 5.41) is 3.63. The molecule has 35 heavy (non-hydrogen) atoms.